The van der Waals surface area contributed by atoms with Gasteiger partial charge in [0, 0.05) is 32.0 Å². The third-order valence-corrected chi connectivity index (χ3v) is 4.14. The molecule has 7 nitrogen and oxygen atoms in total. The minimum atomic E-state index is -0.0407. The summed E-state index contributed by atoms with van der Waals surface area (Å²) >= 11 is 0. The molecule has 1 fully saturated rings. The molecule has 3 heterocycles. The normalized spacial score (nSPS) is 18.8. The molecule has 7 heteroatoms. The van der Waals surface area contributed by atoms with E-state index in [4.69, 9.17) is 4.74 Å². The van der Waals surface area contributed by atoms with E-state index in [9.17, 15) is 4.79 Å². The molecule has 0 bridgehead atoms. The molecule has 1 saturated heterocycles. The molecule has 0 aromatic carbocycles. The average molecular weight is 315 g/mol. The first-order valence-electron chi connectivity index (χ1n) is 7.82. The number of nitrogens with zero attached hydrogens (tertiary/aromatic N) is 4. The topological polar surface area (TPSA) is 81.9 Å². The van der Waals surface area contributed by atoms with Crippen LogP contribution in [0.5, 0.6) is 0 Å². The van der Waals surface area contributed by atoms with Gasteiger partial charge >= 0.3 is 0 Å². The second-order valence-electron chi connectivity index (χ2n) is 5.87. The Bertz CT molecular complexity index is 661. The molecule has 1 aliphatic heterocycles. The van der Waals surface area contributed by atoms with Crippen molar-refractivity contribution in [2.75, 3.05) is 18.5 Å². The molecule has 2 aromatic heterocycles. The van der Waals surface area contributed by atoms with Crippen molar-refractivity contribution < 1.29 is 9.53 Å². The molecule has 2 aromatic rings. The fraction of sp³-hybridized carbons (Fsp3) is 0.500. The van der Waals surface area contributed by atoms with Crippen LogP contribution in [0.1, 0.15) is 37.3 Å². The Balaban J connectivity index is 1.60. The minimum absolute atomic E-state index is 0.0407. The number of carbonyl (C=O) groups excluding carboxylic acids is 1. The maximum atomic E-state index is 12.0. The molecular weight excluding hydrogens is 294 g/mol. The van der Waals surface area contributed by atoms with E-state index in [1.807, 2.05) is 24.6 Å². The molecule has 1 N–H and O–H groups in total. The SMILES string of the molecule is Cc1nccn1[C@H](C)c1cnc(NC(=O)C[C@H]2CCOC2)cn1. The molecule has 0 spiro atoms. The van der Waals surface area contributed by atoms with E-state index in [0.717, 1.165) is 24.5 Å². The summed E-state index contributed by atoms with van der Waals surface area (Å²) in [6, 6.07) is 0.0467. The van der Waals surface area contributed by atoms with Crippen molar-refractivity contribution in [1.82, 2.24) is 19.5 Å². The lowest BCUT2D eigenvalue weighted by Crippen LogP contribution is -2.18. The molecule has 1 amide bonds. The van der Waals surface area contributed by atoms with Gasteiger partial charge < -0.3 is 14.6 Å². The smallest absolute Gasteiger partial charge is 0.225 e. The number of anilines is 1. The summed E-state index contributed by atoms with van der Waals surface area (Å²) in [5.74, 6) is 1.68. The number of carbonyl (C=O) groups is 1. The lowest BCUT2D eigenvalue weighted by molar-refractivity contribution is -0.117. The number of imidazole rings is 1. The lowest BCUT2D eigenvalue weighted by atomic mass is 10.1. The highest BCUT2D eigenvalue weighted by molar-refractivity contribution is 5.89. The summed E-state index contributed by atoms with van der Waals surface area (Å²) in [7, 11) is 0. The van der Waals surface area contributed by atoms with Crippen LogP contribution < -0.4 is 5.32 Å². The van der Waals surface area contributed by atoms with Crippen LogP contribution in [-0.2, 0) is 9.53 Å². The number of aromatic nitrogens is 4. The summed E-state index contributed by atoms with van der Waals surface area (Å²) in [6.07, 6.45) is 8.38. The molecule has 0 saturated carbocycles. The Kier molecular flexibility index (Phi) is 4.66. The van der Waals surface area contributed by atoms with Crippen molar-refractivity contribution in [3.8, 4) is 0 Å². The summed E-state index contributed by atoms with van der Waals surface area (Å²) in [5, 5.41) is 2.79. The van der Waals surface area contributed by atoms with Crippen molar-refractivity contribution >= 4 is 11.7 Å². The van der Waals surface area contributed by atoms with Crippen LogP contribution in [0.15, 0.2) is 24.8 Å². The number of rotatable bonds is 5. The summed E-state index contributed by atoms with van der Waals surface area (Å²) in [4.78, 5) is 24.9. The maximum absolute atomic E-state index is 12.0. The molecule has 0 aliphatic carbocycles. The van der Waals surface area contributed by atoms with Gasteiger partial charge in [-0.3, -0.25) is 9.78 Å². The first-order chi connectivity index (χ1) is 11.1. The van der Waals surface area contributed by atoms with Gasteiger partial charge in [-0.05, 0) is 26.2 Å². The molecule has 1 aliphatic rings. The van der Waals surface area contributed by atoms with Gasteiger partial charge in [0.1, 0.15) is 5.82 Å². The molecule has 0 radical (unpaired) electrons. The fourth-order valence-electron chi connectivity index (χ4n) is 2.76. The van der Waals surface area contributed by atoms with E-state index < -0.39 is 0 Å². The highest BCUT2D eigenvalue weighted by Gasteiger charge is 2.19. The predicted molar refractivity (Wildman–Crippen MR) is 85.0 cm³/mol. The van der Waals surface area contributed by atoms with E-state index >= 15 is 0 Å². The summed E-state index contributed by atoms with van der Waals surface area (Å²) in [6.45, 7) is 5.40. The first kappa shape index (κ1) is 15.6. The fourth-order valence-corrected chi connectivity index (χ4v) is 2.76. The highest BCUT2D eigenvalue weighted by Crippen LogP contribution is 2.18. The molecule has 2 atom stereocenters. The van der Waals surface area contributed by atoms with Crippen molar-refractivity contribution in [2.24, 2.45) is 5.92 Å². The van der Waals surface area contributed by atoms with Crippen molar-refractivity contribution in [1.29, 1.82) is 0 Å². The largest absolute Gasteiger partial charge is 0.381 e. The maximum Gasteiger partial charge on any atom is 0.225 e. The van der Waals surface area contributed by atoms with Crippen LogP contribution in [0.4, 0.5) is 5.82 Å². The second-order valence-corrected chi connectivity index (χ2v) is 5.87. The lowest BCUT2D eigenvalue weighted by Gasteiger charge is -2.14. The van der Waals surface area contributed by atoms with Gasteiger partial charge in [0.2, 0.25) is 5.91 Å². The minimum Gasteiger partial charge on any atom is -0.381 e. The van der Waals surface area contributed by atoms with Crippen molar-refractivity contribution in [3.63, 3.8) is 0 Å². The zero-order valence-electron chi connectivity index (χ0n) is 13.4. The number of amides is 1. The third-order valence-electron chi connectivity index (χ3n) is 4.14. The van der Waals surface area contributed by atoms with E-state index in [0.29, 0.717) is 24.8 Å². The van der Waals surface area contributed by atoms with Crippen LogP contribution in [-0.4, -0.2) is 38.6 Å². The molecule has 3 rings (SSSR count). The van der Waals surface area contributed by atoms with Gasteiger partial charge in [-0.25, -0.2) is 9.97 Å². The van der Waals surface area contributed by atoms with Crippen LogP contribution in [0.3, 0.4) is 0 Å². The predicted octanol–water partition coefficient (Wildman–Crippen LogP) is 1.96. The van der Waals surface area contributed by atoms with Crippen LogP contribution in [0.2, 0.25) is 0 Å². The molecule has 122 valence electrons. The average Bonchev–Trinajstić information content (AvgIpc) is 3.19. The first-order valence-corrected chi connectivity index (χ1v) is 7.82. The van der Waals surface area contributed by atoms with E-state index in [2.05, 4.69) is 20.3 Å². The zero-order valence-corrected chi connectivity index (χ0v) is 13.4. The van der Waals surface area contributed by atoms with Gasteiger partial charge in [-0.2, -0.15) is 0 Å². The monoisotopic (exact) mass is 315 g/mol. The second kappa shape index (κ2) is 6.87. The van der Waals surface area contributed by atoms with E-state index in [1.165, 1.54) is 0 Å². The van der Waals surface area contributed by atoms with Gasteiger partial charge in [0.15, 0.2) is 5.82 Å². The quantitative estimate of drug-likeness (QED) is 0.912. The Morgan fingerprint density at radius 3 is 2.91 bits per heavy atom. The van der Waals surface area contributed by atoms with Gasteiger partial charge in [-0.15, -0.1) is 0 Å². The van der Waals surface area contributed by atoms with Crippen LogP contribution in [0.25, 0.3) is 0 Å². The van der Waals surface area contributed by atoms with Gasteiger partial charge in [0.05, 0.1) is 24.1 Å². The highest BCUT2D eigenvalue weighted by atomic mass is 16.5. The number of ether oxygens (including phenoxy) is 1. The van der Waals surface area contributed by atoms with Crippen LogP contribution >= 0.6 is 0 Å². The Hall–Kier alpha value is -2.28. The number of hydrogen-bond acceptors (Lipinski definition) is 5. The van der Waals surface area contributed by atoms with Gasteiger partial charge in [-0.1, -0.05) is 0 Å². The number of hydrogen-bond donors (Lipinski definition) is 1. The van der Waals surface area contributed by atoms with E-state index in [-0.39, 0.29) is 11.9 Å². The zero-order chi connectivity index (χ0) is 16.2. The summed E-state index contributed by atoms with van der Waals surface area (Å²) in [5.41, 5.74) is 0.827. The van der Waals surface area contributed by atoms with E-state index in [1.54, 1.807) is 18.6 Å². The standard InChI is InChI=1S/C16H21N5O2/c1-11(21-5-4-17-12(21)2)14-8-19-15(9-18-14)20-16(22)7-13-3-6-23-10-13/h4-5,8-9,11,13H,3,6-7,10H2,1-2H3,(H,19,20,22)/t11-,13-/m1/s1. The van der Waals surface area contributed by atoms with Gasteiger partial charge in [0.25, 0.3) is 0 Å². The van der Waals surface area contributed by atoms with Crippen molar-refractivity contribution in [3.05, 3.63) is 36.3 Å². The Labute approximate surface area is 135 Å². The number of aryl methyl sites for hydroxylation is 1. The third kappa shape index (κ3) is 3.73. The van der Waals surface area contributed by atoms with Crippen LogP contribution in [0, 0.1) is 12.8 Å². The van der Waals surface area contributed by atoms with Crippen molar-refractivity contribution in [2.45, 2.75) is 32.7 Å². The number of nitrogens with one attached hydrogen (secondary N) is 1. The molecule has 23 heavy (non-hydrogen) atoms. The Morgan fingerprint density at radius 1 is 1.43 bits per heavy atom. The molecular formula is C16H21N5O2. The molecule has 0 unspecified atom stereocenters. The summed E-state index contributed by atoms with van der Waals surface area (Å²) < 4.78 is 7.31. The Morgan fingerprint density at radius 2 is 2.30 bits per heavy atom.